The van der Waals surface area contributed by atoms with Crippen LogP contribution in [0, 0.1) is 11.8 Å². The van der Waals surface area contributed by atoms with E-state index in [4.69, 9.17) is 5.11 Å². The molecule has 0 saturated carbocycles. The number of nitrogens with one attached hydrogen (secondary N) is 1. The van der Waals surface area contributed by atoms with E-state index in [9.17, 15) is 9.59 Å². The van der Waals surface area contributed by atoms with Crippen molar-refractivity contribution in [3.63, 3.8) is 0 Å². The maximum atomic E-state index is 11.7. The standard InChI is InChI=1S/C11H21NO3/c1-5-8(6-2)10(13)12-9(7(3)4)11(14)15/h7-9H,5-6H2,1-4H3,(H,12,13)(H,14,15)/t9-/m1/s1. The van der Waals surface area contributed by atoms with Crippen molar-refractivity contribution in [1.29, 1.82) is 0 Å². The van der Waals surface area contributed by atoms with Gasteiger partial charge in [-0.15, -0.1) is 0 Å². The first-order valence-electron chi connectivity index (χ1n) is 5.47. The number of hydrogen-bond donors (Lipinski definition) is 2. The van der Waals surface area contributed by atoms with Crippen LogP contribution < -0.4 is 5.32 Å². The molecule has 0 radical (unpaired) electrons. The van der Waals surface area contributed by atoms with E-state index in [-0.39, 0.29) is 17.7 Å². The third kappa shape index (κ3) is 4.32. The molecule has 0 spiro atoms. The lowest BCUT2D eigenvalue weighted by atomic mass is 9.99. The lowest BCUT2D eigenvalue weighted by molar-refractivity contribution is -0.143. The Kier molecular flexibility index (Phi) is 5.97. The molecule has 0 aromatic carbocycles. The van der Waals surface area contributed by atoms with E-state index in [2.05, 4.69) is 5.32 Å². The zero-order valence-electron chi connectivity index (χ0n) is 9.91. The summed E-state index contributed by atoms with van der Waals surface area (Å²) in [6, 6.07) is -0.780. The Hall–Kier alpha value is -1.06. The summed E-state index contributed by atoms with van der Waals surface area (Å²) in [6.45, 7) is 7.43. The molecule has 4 heteroatoms. The minimum Gasteiger partial charge on any atom is -0.480 e. The molecule has 0 aromatic rings. The highest BCUT2D eigenvalue weighted by molar-refractivity contribution is 5.85. The Bertz CT molecular complexity index is 222. The Balaban J connectivity index is 4.41. The van der Waals surface area contributed by atoms with Gasteiger partial charge in [0.15, 0.2) is 0 Å². The normalized spacial score (nSPS) is 12.9. The monoisotopic (exact) mass is 215 g/mol. The summed E-state index contributed by atoms with van der Waals surface area (Å²) in [7, 11) is 0. The van der Waals surface area contributed by atoms with Gasteiger partial charge in [0.05, 0.1) is 0 Å². The van der Waals surface area contributed by atoms with Crippen molar-refractivity contribution in [1.82, 2.24) is 5.32 Å². The van der Waals surface area contributed by atoms with Gasteiger partial charge in [-0.3, -0.25) is 4.79 Å². The number of carbonyl (C=O) groups is 2. The van der Waals surface area contributed by atoms with Crippen molar-refractivity contribution in [3.8, 4) is 0 Å². The Morgan fingerprint density at radius 3 is 1.93 bits per heavy atom. The first kappa shape index (κ1) is 13.9. The number of carboxylic acids is 1. The number of hydrogen-bond acceptors (Lipinski definition) is 2. The fourth-order valence-corrected chi connectivity index (χ4v) is 1.44. The molecule has 88 valence electrons. The zero-order chi connectivity index (χ0) is 12.0. The highest BCUT2D eigenvalue weighted by Gasteiger charge is 2.25. The van der Waals surface area contributed by atoms with Gasteiger partial charge in [0, 0.05) is 5.92 Å². The highest BCUT2D eigenvalue weighted by Crippen LogP contribution is 2.09. The summed E-state index contributed by atoms with van der Waals surface area (Å²) in [5, 5.41) is 11.5. The minimum atomic E-state index is -0.968. The maximum absolute atomic E-state index is 11.7. The predicted octanol–water partition coefficient (Wildman–Crippen LogP) is 1.65. The first-order chi connectivity index (χ1) is 6.93. The molecule has 1 amide bonds. The third-order valence-electron chi connectivity index (χ3n) is 2.59. The SMILES string of the molecule is CCC(CC)C(=O)N[C@@H](C(=O)O)C(C)C. The van der Waals surface area contributed by atoms with E-state index in [1.807, 2.05) is 13.8 Å². The predicted molar refractivity (Wildman–Crippen MR) is 58.5 cm³/mol. The Morgan fingerprint density at radius 1 is 1.20 bits per heavy atom. The lowest BCUT2D eigenvalue weighted by Gasteiger charge is -2.20. The van der Waals surface area contributed by atoms with Gasteiger partial charge in [-0.25, -0.2) is 4.79 Å². The second-order valence-corrected chi connectivity index (χ2v) is 4.08. The summed E-state index contributed by atoms with van der Waals surface area (Å²) in [4.78, 5) is 22.5. The Labute approximate surface area is 91.1 Å². The van der Waals surface area contributed by atoms with Gasteiger partial charge in [-0.2, -0.15) is 0 Å². The van der Waals surface area contributed by atoms with E-state index in [0.717, 1.165) is 12.8 Å². The average Bonchev–Trinajstić information content (AvgIpc) is 2.15. The quantitative estimate of drug-likeness (QED) is 0.708. The summed E-state index contributed by atoms with van der Waals surface area (Å²) in [6.07, 6.45) is 1.49. The fraction of sp³-hybridized carbons (Fsp3) is 0.818. The van der Waals surface area contributed by atoms with E-state index in [0.29, 0.717) is 0 Å². The molecule has 0 aromatic heterocycles. The van der Waals surface area contributed by atoms with Gasteiger partial charge >= 0.3 is 5.97 Å². The molecule has 0 heterocycles. The Morgan fingerprint density at radius 2 is 1.67 bits per heavy atom. The lowest BCUT2D eigenvalue weighted by Crippen LogP contribution is -2.46. The van der Waals surface area contributed by atoms with Crippen molar-refractivity contribution >= 4 is 11.9 Å². The zero-order valence-corrected chi connectivity index (χ0v) is 9.91. The topological polar surface area (TPSA) is 66.4 Å². The molecule has 2 N–H and O–H groups in total. The highest BCUT2D eigenvalue weighted by atomic mass is 16.4. The second kappa shape index (κ2) is 6.43. The molecule has 0 bridgehead atoms. The van der Waals surface area contributed by atoms with Crippen LogP contribution >= 0.6 is 0 Å². The summed E-state index contributed by atoms with van der Waals surface area (Å²) in [5.74, 6) is -1.29. The number of carboxylic acid groups (broad SMARTS) is 1. The van der Waals surface area contributed by atoms with Crippen LogP contribution in [0.5, 0.6) is 0 Å². The maximum Gasteiger partial charge on any atom is 0.326 e. The molecule has 1 atom stereocenters. The van der Waals surface area contributed by atoms with Gasteiger partial charge in [-0.1, -0.05) is 27.7 Å². The van der Waals surface area contributed by atoms with Gasteiger partial charge in [0.2, 0.25) is 5.91 Å². The largest absolute Gasteiger partial charge is 0.480 e. The van der Waals surface area contributed by atoms with Crippen LogP contribution in [0.1, 0.15) is 40.5 Å². The van der Waals surface area contributed by atoms with Crippen LogP contribution in [0.2, 0.25) is 0 Å². The van der Waals surface area contributed by atoms with Crippen molar-refractivity contribution in [2.75, 3.05) is 0 Å². The van der Waals surface area contributed by atoms with Crippen LogP contribution in [0.4, 0.5) is 0 Å². The van der Waals surface area contributed by atoms with E-state index < -0.39 is 12.0 Å². The summed E-state index contributed by atoms with van der Waals surface area (Å²) < 4.78 is 0. The van der Waals surface area contributed by atoms with Crippen molar-refractivity contribution in [3.05, 3.63) is 0 Å². The molecular formula is C11H21NO3. The molecule has 0 aliphatic heterocycles. The molecule has 0 rings (SSSR count). The van der Waals surface area contributed by atoms with Gasteiger partial charge in [-0.05, 0) is 18.8 Å². The summed E-state index contributed by atoms with van der Waals surface area (Å²) >= 11 is 0. The van der Waals surface area contributed by atoms with Crippen LogP contribution in [-0.2, 0) is 9.59 Å². The van der Waals surface area contributed by atoms with Crippen LogP contribution in [0.3, 0.4) is 0 Å². The molecule has 0 saturated heterocycles. The average molecular weight is 215 g/mol. The van der Waals surface area contributed by atoms with E-state index in [1.54, 1.807) is 13.8 Å². The number of rotatable bonds is 6. The molecule has 15 heavy (non-hydrogen) atoms. The van der Waals surface area contributed by atoms with Crippen molar-refractivity contribution < 1.29 is 14.7 Å². The van der Waals surface area contributed by atoms with E-state index >= 15 is 0 Å². The number of aliphatic carboxylic acids is 1. The van der Waals surface area contributed by atoms with Gasteiger partial charge in [0.25, 0.3) is 0 Å². The van der Waals surface area contributed by atoms with Crippen LogP contribution in [-0.4, -0.2) is 23.0 Å². The van der Waals surface area contributed by atoms with Gasteiger partial charge < -0.3 is 10.4 Å². The number of amides is 1. The van der Waals surface area contributed by atoms with Crippen LogP contribution in [0.15, 0.2) is 0 Å². The molecular weight excluding hydrogens is 194 g/mol. The molecule has 0 unspecified atom stereocenters. The van der Waals surface area contributed by atoms with E-state index in [1.165, 1.54) is 0 Å². The van der Waals surface area contributed by atoms with Gasteiger partial charge in [0.1, 0.15) is 6.04 Å². The summed E-state index contributed by atoms with van der Waals surface area (Å²) in [5.41, 5.74) is 0. The molecule has 4 nitrogen and oxygen atoms in total. The molecule has 0 aliphatic carbocycles. The number of carbonyl (C=O) groups excluding carboxylic acids is 1. The van der Waals surface area contributed by atoms with Crippen molar-refractivity contribution in [2.24, 2.45) is 11.8 Å². The van der Waals surface area contributed by atoms with Crippen LogP contribution in [0.25, 0.3) is 0 Å². The first-order valence-corrected chi connectivity index (χ1v) is 5.47. The smallest absolute Gasteiger partial charge is 0.326 e. The fourth-order valence-electron chi connectivity index (χ4n) is 1.44. The molecule has 0 aliphatic rings. The second-order valence-electron chi connectivity index (χ2n) is 4.08. The third-order valence-corrected chi connectivity index (χ3v) is 2.59. The molecule has 0 fully saturated rings. The van der Waals surface area contributed by atoms with Crippen molar-refractivity contribution in [2.45, 2.75) is 46.6 Å². The minimum absolute atomic E-state index is 0.0781.